The fourth-order valence-electron chi connectivity index (χ4n) is 0.787. The number of aliphatic hydroxyl groups is 2. The monoisotopic (exact) mass is 146 g/mol. The van der Waals surface area contributed by atoms with Gasteiger partial charge >= 0.3 is 0 Å². The summed E-state index contributed by atoms with van der Waals surface area (Å²) in [6, 6.07) is 0. The first-order valence-electron chi connectivity index (χ1n) is 2.94. The Morgan fingerprint density at radius 2 is 2.44 bits per heavy atom. The number of allylic oxidation sites excluding steroid dienone is 1. The summed E-state index contributed by atoms with van der Waals surface area (Å²) >= 11 is 1.57. The lowest BCUT2D eigenvalue weighted by Crippen LogP contribution is -2.02. The molecular formula is C6H10O2S. The van der Waals surface area contributed by atoms with Gasteiger partial charge in [-0.2, -0.15) is 0 Å². The molecular weight excluding hydrogens is 136 g/mol. The summed E-state index contributed by atoms with van der Waals surface area (Å²) in [5.74, 6) is 0. The summed E-state index contributed by atoms with van der Waals surface area (Å²) in [7, 11) is 0. The Bertz CT molecular complexity index is 122. The van der Waals surface area contributed by atoms with Crippen LogP contribution in [0.15, 0.2) is 11.0 Å². The summed E-state index contributed by atoms with van der Waals surface area (Å²) < 4.78 is 0. The zero-order valence-electron chi connectivity index (χ0n) is 5.08. The molecule has 52 valence electrons. The van der Waals surface area contributed by atoms with Crippen LogP contribution in [0.4, 0.5) is 0 Å². The molecule has 1 rings (SSSR count). The van der Waals surface area contributed by atoms with Gasteiger partial charge in [-0.1, -0.05) is 6.08 Å². The van der Waals surface area contributed by atoms with Crippen LogP contribution in [0, 0.1) is 0 Å². The molecule has 0 fully saturated rings. The minimum atomic E-state index is 0.126. The van der Waals surface area contributed by atoms with Gasteiger partial charge in [0.25, 0.3) is 0 Å². The Hall–Kier alpha value is 0.01000. The highest BCUT2D eigenvalue weighted by Gasteiger charge is 2.15. The van der Waals surface area contributed by atoms with Crippen molar-refractivity contribution >= 4 is 11.8 Å². The van der Waals surface area contributed by atoms with Crippen molar-refractivity contribution in [2.75, 3.05) is 13.2 Å². The van der Waals surface area contributed by atoms with Crippen molar-refractivity contribution < 1.29 is 10.2 Å². The number of hydrogen-bond donors (Lipinski definition) is 2. The Kier molecular flexibility index (Phi) is 2.57. The maximum atomic E-state index is 8.64. The third-order valence-electron chi connectivity index (χ3n) is 1.29. The molecule has 0 aromatic rings. The van der Waals surface area contributed by atoms with E-state index in [-0.39, 0.29) is 13.2 Å². The molecule has 0 saturated carbocycles. The molecule has 0 bridgehead atoms. The summed E-state index contributed by atoms with van der Waals surface area (Å²) in [6.07, 6.45) is 2.88. The van der Waals surface area contributed by atoms with E-state index < -0.39 is 0 Å². The highest BCUT2D eigenvalue weighted by molar-refractivity contribution is 8.04. The van der Waals surface area contributed by atoms with Gasteiger partial charge in [-0.15, -0.1) is 11.8 Å². The lowest BCUT2D eigenvalue weighted by atomic mass is 10.3. The van der Waals surface area contributed by atoms with E-state index in [0.717, 1.165) is 11.3 Å². The molecule has 1 atom stereocenters. The van der Waals surface area contributed by atoms with Gasteiger partial charge in [0.05, 0.1) is 13.2 Å². The van der Waals surface area contributed by atoms with E-state index >= 15 is 0 Å². The van der Waals surface area contributed by atoms with E-state index in [2.05, 4.69) is 0 Å². The molecule has 0 amide bonds. The normalized spacial score (nSPS) is 26.4. The van der Waals surface area contributed by atoms with Crippen LogP contribution < -0.4 is 0 Å². The van der Waals surface area contributed by atoms with Crippen molar-refractivity contribution in [3.8, 4) is 0 Å². The van der Waals surface area contributed by atoms with Crippen molar-refractivity contribution in [1.29, 1.82) is 0 Å². The van der Waals surface area contributed by atoms with Crippen LogP contribution in [0.5, 0.6) is 0 Å². The predicted molar refractivity (Wildman–Crippen MR) is 38.3 cm³/mol. The minimum Gasteiger partial charge on any atom is -0.395 e. The van der Waals surface area contributed by atoms with Gasteiger partial charge in [0.2, 0.25) is 0 Å². The summed E-state index contributed by atoms with van der Waals surface area (Å²) in [6.45, 7) is 0.339. The predicted octanol–water partition coefficient (Wildman–Crippen LogP) is 0.360. The number of hydrogen-bond acceptors (Lipinski definition) is 3. The van der Waals surface area contributed by atoms with Gasteiger partial charge in [0.1, 0.15) is 0 Å². The third kappa shape index (κ3) is 1.71. The summed E-state index contributed by atoms with van der Waals surface area (Å²) in [5.41, 5.74) is 0. The molecule has 9 heavy (non-hydrogen) atoms. The molecule has 1 aliphatic rings. The highest BCUT2D eigenvalue weighted by Crippen LogP contribution is 2.30. The largest absolute Gasteiger partial charge is 0.395 e. The van der Waals surface area contributed by atoms with Crippen LogP contribution in [0.3, 0.4) is 0 Å². The molecule has 0 spiro atoms. The molecule has 0 radical (unpaired) electrons. The van der Waals surface area contributed by atoms with Gasteiger partial charge in [-0.3, -0.25) is 0 Å². The van der Waals surface area contributed by atoms with Crippen molar-refractivity contribution in [3.63, 3.8) is 0 Å². The smallest absolute Gasteiger partial charge is 0.0737 e. The topological polar surface area (TPSA) is 40.5 Å². The lowest BCUT2D eigenvalue weighted by molar-refractivity contribution is 0.296. The van der Waals surface area contributed by atoms with E-state index in [1.807, 2.05) is 6.08 Å². The van der Waals surface area contributed by atoms with Crippen LogP contribution in [0.1, 0.15) is 6.42 Å². The first-order chi connectivity index (χ1) is 4.36. The minimum absolute atomic E-state index is 0.126. The fourth-order valence-corrected chi connectivity index (χ4v) is 1.75. The zero-order chi connectivity index (χ0) is 6.69. The first-order valence-corrected chi connectivity index (χ1v) is 3.82. The van der Waals surface area contributed by atoms with Crippen molar-refractivity contribution in [2.45, 2.75) is 11.7 Å². The molecule has 0 saturated heterocycles. The Morgan fingerprint density at radius 3 is 2.78 bits per heavy atom. The van der Waals surface area contributed by atoms with Gasteiger partial charge in [-0.25, -0.2) is 0 Å². The van der Waals surface area contributed by atoms with Crippen LogP contribution in [0.25, 0.3) is 0 Å². The second-order valence-electron chi connectivity index (χ2n) is 1.99. The third-order valence-corrected chi connectivity index (χ3v) is 2.56. The highest BCUT2D eigenvalue weighted by atomic mass is 32.2. The fraction of sp³-hybridized carbons (Fsp3) is 0.667. The molecule has 3 heteroatoms. The standard InChI is InChI=1S/C6H10O2S/c7-3-5-1-2-6(4-8)9-5/h1,6-8H,2-4H2/t6-/m1/s1. The number of rotatable bonds is 2. The van der Waals surface area contributed by atoms with E-state index in [0.29, 0.717) is 5.25 Å². The molecule has 2 N–H and O–H groups in total. The molecule has 1 aliphatic heterocycles. The van der Waals surface area contributed by atoms with Gasteiger partial charge < -0.3 is 10.2 Å². The lowest BCUT2D eigenvalue weighted by Gasteiger charge is -2.02. The zero-order valence-corrected chi connectivity index (χ0v) is 5.90. The Balaban J connectivity index is 2.31. The first kappa shape index (κ1) is 7.12. The van der Waals surface area contributed by atoms with Crippen LogP contribution in [0.2, 0.25) is 0 Å². The second-order valence-corrected chi connectivity index (χ2v) is 3.41. The Labute approximate surface area is 58.6 Å². The van der Waals surface area contributed by atoms with Crippen LogP contribution >= 0.6 is 11.8 Å². The maximum absolute atomic E-state index is 8.64. The molecule has 0 aromatic carbocycles. The van der Waals surface area contributed by atoms with Gasteiger partial charge in [0, 0.05) is 10.2 Å². The SMILES string of the molecule is OCC1=CC[C@H](CO)S1. The van der Waals surface area contributed by atoms with Crippen molar-refractivity contribution in [1.82, 2.24) is 0 Å². The quantitative estimate of drug-likeness (QED) is 0.591. The van der Waals surface area contributed by atoms with Crippen LogP contribution in [-0.2, 0) is 0 Å². The molecule has 1 heterocycles. The molecule has 2 nitrogen and oxygen atoms in total. The van der Waals surface area contributed by atoms with Gasteiger partial charge in [0.15, 0.2) is 0 Å². The van der Waals surface area contributed by atoms with Crippen LogP contribution in [-0.4, -0.2) is 28.7 Å². The number of thioether (sulfide) groups is 1. The summed E-state index contributed by atoms with van der Waals surface area (Å²) in [5, 5.41) is 17.6. The van der Waals surface area contributed by atoms with E-state index in [1.165, 1.54) is 0 Å². The maximum Gasteiger partial charge on any atom is 0.0737 e. The average molecular weight is 146 g/mol. The second kappa shape index (κ2) is 3.25. The van der Waals surface area contributed by atoms with E-state index in [9.17, 15) is 0 Å². The summed E-state index contributed by atoms with van der Waals surface area (Å²) in [4.78, 5) is 0.994. The van der Waals surface area contributed by atoms with Crippen molar-refractivity contribution in [3.05, 3.63) is 11.0 Å². The average Bonchev–Trinajstić information content (AvgIpc) is 2.34. The molecule has 0 aliphatic carbocycles. The van der Waals surface area contributed by atoms with Crippen molar-refractivity contribution in [2.24, 2.45) is 0 Å². The molecule has 0 aromatic heterocycles. The van der Waals surface area contributed by atoms with E-state index in [1.54, 1.807) is 11.8 Å². The number of aliphatic hydroxyl groups excluding tert-OH is 2. The van der Waals surface area contributed by atoms with E-state index in [4.69, 9.17) is 10.2 Å². The molecule has 0 unspecified atom stereocenters. The van der Waals surface area contributed by atoms with Gasteiger partial charge in [-0.05, 0) is 6.42 Å². The Morgan fingerprint density at radius 1 is 1.67 bits per heavy atom.